The van der Waals surface area contributed by atoms with Gasteiger partial charge in [-0.3, -0.25) is 0 Å². The normalized spacial score (nSPS) is 15.9. The average molecular weight is 356 g/mol. The second kappa shape index (κ2) is 7.51. The molecule has 0 aromatic heterocycles. The molecule has 128 valence electrons. The van der Waals surface area contributed by atoms with Crippen LogP contribution in [0, 0.1) is 0 Å². The summed E-state index contributed by atoms with van der Waals surface area (Å²) < 4.78 is 80.8. The van der Waals surface area contributed by atoms with Gasteiger partial charge in [-0.1, -0.05) is 0 Å². The third kappa shape index (κ3) is 20.6. The van der Waals surface area contributed by atoms with E-state index in [1.807, 2.05) is 27.7 Å². The molecule has 0 amide bonds. The zero-order chi connectivity index (χ0) is 16.6. The van der Waals surface area contributed by atoms with Crippen molar-refractivity contribution in [3.8, 4) is 0 Å². The molecule has 0 atom stereocenters. The Labute approximate surface area is 114 Å². The monoisotopic (exact) mass is 356 g/mol. The van der Waals surface area contributed by atoms with Crippen LogP contribution in [0.25, 0.3) is 0 Å². The Kier molecular flexibility index (Phi) is 8.48. The summed E-state index contributed by atoms with van der Waals surface area (Å²) in [5, 5.41) is 0. The van der Waals surface area contributed by atoms with Crippen LogP contribution in [0.15, 0.2) is 0 Å². The summed E-state index contributed by atoms with van der Waals surface area (Å²) >= 11 is 0. The van der Waals surface area contributed by atoms with Crippen molar-refractivity contribution >= 4 is 16.0 Å². The van der Waals surface area contributed by atoms with E-state index in [4.69, 9.17) is 18.1 Å². The third-order valence-corrected chi connectivity index (χ3v) is 3.45. The Morgan fingerprint density at radius 3 is 0.850 bits per heavy atom. The fourth-order valence-electron chi connectivity index (χ4n) is 0.856. The summed E-state index contributed by atoms with van der Waals surface area (Å²) in [7, 11) is -13.2. The van der Waals surface area contributed by atoms with Crippen LogP contribution in [-0.4, -0.2) is 26.4 Å². The molecule has 0 aliphatic carbocycles. The molecule has 0 heterocycles. The van der Waals surface area contributed by atoms with Crippen LogP contribution in [-0.2, 0) is 18.1 Å². The van der Waals surface area contributed by atoms with Crippen LogP contribution in [0.5, 0.6) is 0 Å². The second-order valence-electron chi connectivity index (χ2n) is 3.08. The van der Waals surface area contributed by atoms with Gasteiger partial charge < -0.3 is 0 Å². The molecular formula is C8H20F6O4P2. The van der Waals surface area contributed by atoms with Crippen LogP contribution < -0.4 is 0 Å². The quantitative estimate of drug-likeness (QED) is 0.384. The molecule has 0 bridgehead atoms. The maximum atomic E-state index is 9.87. The van der Waals surface area contributed by atoms with Crippen molar-refractivity contribution in [3.63, 3.8) is 0 Å². The van der Waals surface area contributed by atoms with Crippen molar-refractivity contribution in [1.82, 2.24) is 0 Å². The van der Waals surface area contributed by atoms with Gasteiger partial charge in [0.05, 0.1) is 26.4 Å². The Bertz CT molecular complexity index is 229. The van der Waals surface area contributed by atoms with Crippen molar-refractivity contribution in [1.29, 1.82) is 0 Å². The van der Waals surface area contributed by atoms with Gasteiger partial charge in [0.2, 0.25) is 0 Å². The first-order chi connectivity index (χ1) is 8.69. The standard InChI is InChI=1S/C8H20O4P.F6P/c1-5-9-13(10-6-2,11-7-3)12-8-4;1-7(2,3,4,5)6/h5-8H2,1-4H3;/q+1;-1. The first-order valence-electron chi connectivity index (χ1n) is 5.73. The van der Waals surface area contributed by atoms with Gasteiger partial charge in [-0.2, -0.15) is 18.1 Å². The Morgan fingerprint density at radius 2 is 0.750 bits per heavy atom. The molecule has 0 rings (SSSR count). The SMILES string of the molecule is CCO[P+](OCC)(OCC)OCC.F[P-](F)(F)(F)(F)F. The van der Waals surface area contributed by atoms with Crippen molar-refractivity contribution < 1.29 is 43.3 Å². The maximum absolute atomic E-state index is 10.7. The summed E-state index contributed by atoms with van der Waals surface area (Å²) in [6.07, 6.45) is 0. The minimum absolute atomic E-state index is 0.535. The molecule has 0 aliphatic heterocycles. The van der Waals surface area contributed by atoms with Gasteiger partial charge in [-0.15, -0.1) is 0 Å². The fourth-order valence-corrected chi connectivity index (χ4v) is 2.57. The summed E-state index contributed by atoms with van der Waals surface area (Å²) in [4.78, 5) is 0. The van der Waals surface area contributed by atoms with Crippen LogP contribution >= 0.6 is 16.0 Å². The van der Waals surface area contributed by atoms with Gasteiger partial charge in [-0.25, -0.2) is 0 Å². The topological polar surface area (TPSA) is 36.9 Å². The third-order valence-electron chi connectivity index (χ3n) is 1.15. The molecule has 0 saturated heterocycles. The predicted octanol–water partition coefficient (Wildman–Crippen LogP) is 6.19. The number of rotatable bonds is 8. The number of halogens is 6. The average Bonchev–Trinajstić information content (AvgIpc) is 2.14. The number of hydrogen-bond donors (Lipinski definition) is 0. The first kappa shape index (κ1) is 22.6. The van der Waals surface area contributed by atoms with E-state index in [-0.39, 0.29) is 0 Å². The predicted molar refractivity (Wildman–Crippen MR) is 67.0 cm³/mol. The summed E-state index contributed by atoms with van der Waals surface area (Å²) in [6, 6.07) is 0. The van der Waals surface area contributed by atoms with Crippen molar-refractivity contribution in [3.05, 3.63) is 0 Å². The molecular weight excluding hydrogens is 336 g/mol. The summed E-state index contributed by atoms with van der Waals surface area (Å²) in [5.41, 5.74) is 0. The van der Waals surface area contributed by atoms with E-state index in [2.05, 4.69) is 0 Å². The van der Waals surface area contributed by atoms with Gasteiger partial charge in [0.15, 0.2) is 0 Å². The summed E-state index contributed by atoms with van der Waals surface area (Å²) in [6.45, 7) is 9.72. The van der Waals surface area contributed by atoms with Gasteiger partial charge in [0.1, 0.15) is 0 Å². The van der Waals surface area contributed by atoms with Crippen molar-refractivity contribution in [2.75, 3.05) is 26.4 Å². The zero-order valence-corrected chi connectivity index (χ0v) is 13.4. The molecule has 0 aromatic rings. The van der Waals surface area contributed by atoms with E-state index >= 15 is 0 Å². The van der Waals surface area contributed by atoms with Crippen LogP contribution in [0.1, 0.15) is 27.7 Å². The molecule has 0 unspecified atom stereocenters. The molecule has 0 saturated carbocycles. The second-order valence-corrected chi connectivity index (χ2v) is 6.92. The van der Waals surface area contributed by atoms with Crippen molar-refractivity contribution in [2.24, 2.45) is 0 Å². The Hall–Kier alpha value is 0.280. The molecule has 0 fully saturated rings. The van der Waals surface area contributed by atoms with Gasteiger partial charge in [0, 0.05) is 0 Å². The Morgan fingerprint density at radius 1 is 0.600 bits per heavy atom. The first-order valence-corrected chi connectivity index (χ1v) is 9.22. The summed E-state index contributed by atoms with van der Waals surface area (Å²) in [5.74, 6) is 0. The van der Waals surface area contributed by atoms with E-state index in [1.165, 1.54) is 0 Å². The van der Waals surface area contributed by atoms with Crippen LogP contribution in [0.4, 0.5) is 25.2 Å². The molecule has 0 aliphatic rings. The van der Waals surface area contributed by atoms with Crippen molar-refractivity contribution in [2.45, 2.75) is 27.7 Å². The molecule has 0 radical (unpaired) electrons. The molecule has 0 N–H and O–H groups in total. The minimum atomic E-state index is -10.7. The van der Waals surface area contributed by atoms with Crippen LogP contribution in [0.3, 0.4) is 0 Å². The molecule has 4 nitrogen and oxygen atoms in total. The Balaban J connectivity index is 0. The van der Waals surface area contributed by atoms with Gasteiger partial charge in [-0.05, 0) is 27.7 Å². The van der Waals surface area contributed by atoms with Gasteiger partial charge in [0.25, 0.3) is 0 Å². The van der Waals surface area contributed by atoms with E-state index in [9.17, 15) is 25.2 Å². The number of hydrogen-bond acceptors (Lipinski definition) is 4. The molecule has 0 aromatic carbocycles. The van der Waals surface area contributed by atoms with Gasteiger partial charge >= 0.3 is 41.2 Å². The molecule has 20 heavy (non-hydrogen) atoms. The van der Waals surface area contributed by atoms with E-state index < -0.39 is 16.0 Å². The molecule has 12 heteroatoms. The van der Waals surface area contributed by atoms with E-state index in [1.54, 1.807) is 0 Å². The zero-order valence-electron chi connectivity index (χ0n) is 11.6. The van der Waals surface area contributed by atoms with E-state index in [0.717, 1.165) is 0 Å². The van der Waals surface area contributed by atoms with Crippen LogP contribution in [0.2, 0.25) is 0 Å². The van der Waals surface area contributed by atoms with E-state index in [0.29, 0.717) is 26.4 Å². The molecule has 0 spiro atoms. The fraction of sp³-hybridized carbons (Fsp3) is 1.00.